The molecule has 7 heteroatoms. The maximum Gasteiger partial charge on any atom is 0.257 e. The molecule has 0 aliphatic rings. The first kappa shape index (κ1) is 17.1. The molecular formula is C17H18N4O3. The number of nitrogens with two attached hydrogens (primary N) is 1. The van der Waals surface area contributed by atoms with E-state index in [1.807, 2.05) is 6.92 Å². The van der Waals surface area contributed by atoms with Gasteiger partial charge < -0.3 is 16.4 Å². The number of benzene rings is 1. The number of hydrogen-bond acceptors (Lipinski definition) is 4. The summed E-state index contributed by atoms with van der Waals surface area (Å²) >= 11 is 0. The van der Waals surface area contributed by atoms with E-state index in [9.17, 15) is 14.4 Å². The molecule has 3 amide bonds. The Kier molecular flexibility index (Phi) is 5.62. The number of amides is 3. The highest BCUT2D eigenvalue weighted by atomic mass is 16.2. The lowest BCUT2D eigenvalue weighted by molar-refractivity contribution is -0.117. The van der Waals surface area contributed by atoms with E-state index >= 15 is 0 Å². The molecule has 0 aliphatic carbocycles. The topological polar surface area (TPSA) is 114 Å². The Morgan fingerprint density at radius 1 is 1.08 bits per heavy atom. The highest BCUT2D eigenvalue weighted by Crippen LogP contribution is 2.16. The van der Waals surface area contributed by atoms with Crippen LogP contribution in [-0.2, 0) is 4.79 Å². The van der Waals surface area contributed by atoms with Crippen LogP contribution in [0.15, 0.2) is 42.6 Å². The first-order valence-electron chi connectivity index (χ1n) is 7.37. The number of carbonyl (C=O) groups is 3. The highest BCUT2D eigenvalue weighted by Gasteiger charge is 2.14. The van der Waals surface area contributed by atoms with Crippen LogP contribution in [0, 0.1) is 6.92 Å². The van der Waals surface area contributed by atoms with Gasteiger partial charge in [0.05, 0.1) is 16.8 Å². The van der Waals surface area contributed by atoms with Crippen LogP contribution in [0.2, 0.25) is 0 Å². The number of hydrogen-bond donors (Lipinski definition) is 3. The molecule has 0 fully saturated rings. The minimum absolute atomic E-state index is 0.0509. The van der Waals surface area contributed by atoms with Crippen molar-refractivity contribution in [2.45, 2.75) is 13.3 Å². The summed E-state index contributed by atoms with van der Waals surface area (Å²) in [6.45, 7) is 1.96. The monoisotopic (exact) mass is 326 g/mol. The molecule has 2 rings (SSSR count). The van der Waals surface area contributed by atoms with E-state index in [-0.39, 0.29) is 18.9 Å². The molecule has 0 atom stereocenters. The maximum atomic E-state index is 12.3. The van der Waals surface area contributed by atoms with Crippen molar-refractivity contribution >= 4 is 23.4 Å². The summed E-state index contributed by atoms with van der Waals surface area (Å²) in [5.41, 5.74) is 6.91. The Balaban J connectivity index is 2.10. The molecule has 2 aromatic rings. The Morgan fingerprint density at radius 2 is 1.83 bits per heavy atom. The third kappa shape index (κ3) is 4.64. The van der Waals surface area contributed by atoms with Gasteiger partial charge in [0.25, 0.3) is 11.8 Å². The lowest BCUT2D eigenvalue weighted by atomic mass is 10.1. The van der Waals surface area contributed by atoms with Crippen molar-refractivity contribution in [2.24, 2.45) is 5.73 Å². The number of nitrogens with zero attached hydrogens (tertiary/aromatic N) is 1. The molecule has 0 unspecified atom stereocenters. The molecule has 0 radical (unpaired) electrons. The number of pyridine rings is 1. The number of para-hydroxylation sites is 1. The van der Waals surface area contributed by atoms with Gasteiger partial charge in [0.2, 0.25) is 5.91 Å². The van der Waals surface area contributed by atoms with Crippen molar-refractivity contribution in [3.8, 4) is 0 Å². The minimum Gasteiger partial charge on any atom is -0.370 e. The smallest absolute Gasteiger partial charge is 0.257 e. The summed E-state index contributed by atoms with van der Waals surface area (Å²) in [5.74, 6) is -1.25. The standard InChI is InChI=1S/C17H18N4O3/c1-11-6-7-12(10-20-11)16(23)21-14-5-3-2-4-13(14)17(24)19-9-8-15(18)22/h2-7,10H,8-9H2,1H3,(H2,18,22)(H,19,24)(H,21,23). The summed E-state index contributed by atoms with van der Waals surface area (Å²) in [6, 6.07) is 10.0. The summed E-state index contributed by atoms with van der Waals surface area (Å²) < 4.78 is 0. The van der Waals surface area contributed by atoms with Gasteiger partial charge in [-0.2, -0.15) is 0 Å². The van der Waals surface area contributed by atoms with Gasteiger partial charge in [0.15, 0.2) is 0 Å². The van der Waals surface area contributed by atoms with Gasteiger partial charge >= 0.3 is 0 Å². The molecule has 24 heavy (non-hydrogen) atoms. The fraction of sp³-hybridized carbons (Fsp3) is 0.176. The van der Waals surface area contributed by atoms with Gasteiger partial charge in [-0.15, -0.1) is 0 Å². The largest absolute Gasteiger partial charge is 0.370 e. The quantitative estimate of drug-likeness (QED) is 0.741. The van der Waals surface area contributed by atoms with E-state index in [4.69, 9.17) is 5.73 Å². The van der Waals surface area contributed by atoms with Gasteiger partial charge in [0, 0.05) is 24.9 Å². The van der Waals surface area contributed by atoms with Gasteiger partial charge in [-0.25, -0.2) is 0 Å². The van der Waals surface area contributed by atoms with E-state index in [2.05, 4.69) is 15.6 Å². The van der Waals surface area contributed by atoms with Crippen LogP contribution in [0.25, 0.3) is 0 Å². The first-order valence-corrected chi connectivity index (χ1v) is 7.37. The summed E-state index contributed by atoms with van der Waals surface area (Å²) in [7, 11) is 0. The van der Waals surface area contributed by atoms with Gasteiger partial charge in [-0.05, 0) is 31.2 Å². The van der Waals surface area contributed by atoms with Crippen LogP contribution in [0.4, 0.5) is 5.69 Å². The second-order valence-electron chi connectivity index (χ2n) is 5.16. The molecule has 1 aromatic heterocycles. The van der Waals surface area contributed by atoms with E-state index < -0.39 is 11.8 Å². The van der Waals surface area contributed by atoms with Crippen molar-refractivity contribution in [1.82, 2.24) is 10.3 Å². The second-order valence-corrected chi connectivity index (χ2v) is 5.16. The summed E-state index contributed by atoms with van der Waals surface area (Å²) in [4.78, 5) is 39.2. The summed E-state index contributed by atoms with van der Waals surface area (Å²) in [5, 5.41) is 5.28. The van der Waals surface area contributed by atoms with Crippen LogP contribution in [0.5, 0.6) is 0 Å². The van der Waals surface area contributed by atoms with E-state index in [1.54, 1.807) is 36.4 Å². The Morgan fingerprint density at radius 3 is 2.50 bits per heavy atom. The Bertz CT molecular complexity index is 757. The lowest BCUT2D eigenvalue weighted by Gasteiger charge is -2.11. The van der Waals surface area contributed by atoms with Crippen LogP contribution < -0.4 is 16.4 Å². The highest BCUT2D eigenvalue weighted by molar-refractivity contribution is 6.08. The normalized spacial score (nSPS) is 10.0. The van der Waals surface area contributed by atoms with Crippen molar-refractivity contribution in [2.75, 3.05) is 11.9 Å². The zero-order valence-corrected chi connectivity index (χ0v) is 13.2. The third-order valence-electron chi connectivity index (χ3n) is 3.25. The number of nitrogens with one attached hydrogen (secondary N) is 2. The second kappa shape index (κ2) is 7.87. The predicted octanol–water partition coefficient (Wildman–Crippen LogP) is 1.25. The average Bonchev–Trinajstić information content (AvgIpc) is 2.55. The molecule has 0 aliphatic heterocycles. The van der Waals surface area contributed by atoms with Gasteiger partial charge in [-0.1, -0.05) is 12.1 Å². The number of rotatable bonds is 6. The molecule has 1 aromatic carbocycles. The zero-order chi connectivity index (χ0) is 17.5. The van der Waals surface area contributed by atoms with Crippen molar-refractivity contribution in [3.05, 3.63) is 59.4 Å². The van der Waals surface area contributed by atoms with E-state index in [0.29, 0.717) is 16.8 Å². The molecule has 7 nitrogen and oxygen atoms in total. The van der Waals surface area contributed by atoms with Crippen LogP contribution in [0.3, 0.4) is 0 Å². The Hall–Kier alpha value is -3.22. The molecule has 124 valence electrons. The average molecular weight is 326 g/mol. The maximum absolute atomic E-state index is 12.3. The van der Waals surface area contributed by atoms with Gasteiger partial charge in [-0.3, -0.25) is 19.4 Å². The molecule has 4 N–H and O–H groups in total. The van der Waals surface area contributed by atoms with Crippen molar-refractivity contribution < 1.29 is 14.4 Å². The molecule has 0 spiro atoms. The molecule has 1 heterocycles. The predicted molar refractivity (Wildman–Crippen MR) is 89.5 cm³/mol. The molecular weight excluding hydrogens is 308 g/mol. The van der Waals surface area contributed by atoms with E-state index in [1.165, 1.54) is 6.20 Å². The molecule has 0 bridgehead atoms. The minimum atomic E-state index is -0.497. The first-order chi connectivity index (χ1) is 11.5. The van der Waals surface area contributed by atoms with Crippen LogP contribution in [0.1, 0.15) is 32.8 Å². The number of anilines is 1. The van der Waals surface area contributed by atoms with Crippen molar-refractivity contribution in [3.63, 3.8) is 0 Å². The van der Waals surface area contributed by atoms with Crippen LogP contribution in [-0.4, -0.2) is 29.3 Å². The fourth-order valence-corrected chi connectivity index (χ4v) is 1.98. The fourth-order valence-electron chi connectivity index (χ4n) is 1.98. The zero-order valence-electron chi connectivity index (χ0n) is 13.2. The van der Waals surface area contributed by atoms with Crippen LogP contribution >= 0.6 is 0 Å². The number of carbonyl (C=O) groups excluding carboxylic acids is 3. The Labute approximate surface area is 139 Å². The van der Waals surface area contributed by atoms with E-state index in [0.717, 1.165) is 5.69 Å². The number of primary amides is 1. The molecule has 0 saturated carbocycles. The lowest BCUT2D eigenvalue weighted by Crippen LogP contribution is -2.28. The SMILES string of the molecule is Cc1ccc(C(=O)Nc2ccccc2C(=O)NCCC(N)=O)cn1. The molecule has 0 saturated heterocycles. The summed E-state index contributed by atoms with van der Waals surface area (Å²) in [6.07, 6.45) is 1.52. The van der Waals surface area contributed by atoms with Gasteiger partial charge in [0.1, 0.15) is 0 Å². The third-order valence-corrected chi connectivity index (χ3v) is 3.25. The number of aryl methyl sites for hydroxylation is 1. The van der Waals surface area contributed by atoms with Crippen molar-refractivity contribution in [1.29, 1.82) is 0 Å². The number of aromatic nitrogens is 1.